The summed E-state index contributed by atoms with van der Waals surface area (Å²) in [6.45, 7) is 1.28. The minimum Gasteiger partial charge on any atom is -0.508 e. The molecule has 0 bridgehead atoms. The molecule has 2 aromatic carbocycles. The highest BCUT2D eigenvalue weighted by Gasteiger charge is 2.08. The molecule has 3 rings (SSSR count). The van der Waals surface area contributed by atoms with Crippen molar-refractivity contribution in [2.24, 2.45) is 0 Å². The van der Waals surface area contributed by atoms with Gasteiger partial charge in [0.2, 0.25) is 6.41 Å². The summed E-state index contributed by atoms with van der Waals surface area (Å²) < 4.78 is 11.6. The van der Waals surface area contributed by atoms with Crippen molar-refractivity contribution < 1.29 is 19.1 Å². The van der Waals surface area contributed by atoms with Crippen molar-refractivity contribution in [2.45, 2.75) is 25.7 Å². The maximum absolute atomic E-state index is 12.5. The lowest BCUT2D eigenvalue weighted by Crippen LogP contribution is -2.11. The van der Waals surface area contributed by atoms with Gasteiger partial charge in [-0.1, -0.05) is 12.8 Å². The van der Waals surface area contributed by atoms with Gasteiger partial charge in [0.25, 0.3) is 0 Å². The molecule has 1 aromatic heterocycles. The van der Waals surface area contributed by atoms with Gasteiger partial charge in [-0.2, -0.15) is 0 Å². The second-order valence-electron chi connectivity index (χ2n) is 6.51. The zero-order valence-corrected chi connectivity index (χ0v) is 15.5. The van der Waals surface area contributed by atoms with Crippen molar-refractivity contribution in [3.63, 3.8) is 0 Å². The molecule has 0 aliphatic carbocycles. The van der Waals surface area contributed by atoms with Crippen LogP contribution in [0.2, 0.25) is 0 Å². The number of amides is 1. The Morgan fingerprint density at radius 2 is 1.79 bits per heavy atom. The van der Waals surface area contributed by atoms with E-state index in [0.717, 1.165) is 31.2 Å². The summed E-state index contributed by atoms with van der Waals surface area (Å²) in [6.07, 6.45) is 4.64. The van der Waals surface area contributed by atoms with Gasteiger partial charge in [-0.15, -0.1) is 0 Å². The van der Waals surface area contributed by atoms with E-state index >= 15 is 0 Å². The minimum absolute atomic E-state index is 0.141. The van der Waals surface area contributed by atoms with E-state index in [-0.39, 0.29) is 11.2 Å². The number of ether oxygens (including phenoxy) is 1. The molecule has 0 saturated heterocycles. The predicted molar refractivity (Wildman–Crippen MR) is 108 cm³/mol. The maximum Gasteiger partial charge on any atom is 0.207 e. The second-order valence-corrected chi connectivity index (χ2v) is 6.51. The van der Waals surface area contributed by atoms with Crippen LogP contribution < -0.4 is 15.5 Å². The molecule has 0 saturated carbocycles. The number of aromatic hydroxyl groups is 1. The number of nitrogens with one attached hydrogen (secondary N) is 1. The first-order valence-electron chi connectivity index (χ1n) is 9.34. The number of unbranched alkanes of at least 4 members (excludes halogenated alkanes) is 3. The summed E-state index contributed by atoms with van der Waals surface area (Å²) >= 11 is 0. The van der Waals surface area contributed by atoms with Crippen LogP contribution in [0.25, 0.3) is 22.3 Å². The summed E-state index contributed by atoms with van der Waals surface area (Å²) in [4.78, 5) is 22.6. The van der Waals surface area contributed by atoms with E-state index in [4.69, 9.17) is 9.15 Å². The summed E-state index contributed by atoms with van der Waals surface area (Å²) in [5.74, 6) is 1.25. The summed E-state index contributed by atoms with van der Waals surface area (Å²) in [6, 6.07) is 13.2. The van der Waals surface area contributed by atoms with Crippen LogP contribution in [0.5, 0.6) is 11.5 Å². The Hall–Kier alpha value is -3.28. The van der Waals surface area contributed by atoms with Crippen molar-refractivity contribution in [1.29, 1.82) is 0 Å². The minimum atomic E-state index is -0.141. The van der Waals surface area contributed by atoms with Crippen LogP contribution in [-0.2, 0) is 4.79 Å². The number of carbonyl (C=O) groups excluding carboxylic acids is 1. The Morgan fingerprint density at radius 1 is 1.00 bits per heavy atom. The highest BCUT2D eigenvalue weighted by Crippen LogP contribution is 2.26. The van der Waals surface area contributed by atoms with Crippen LogP contribution in [-0.4, -0.2) is 24.7 Å². The first-order chi connectivity index (χ1) is 13.7. The van der Waals surface area contributed by atoms with Crippen molar-refractivity contribution in [3.05, 3.63) is 58.8 Å². The summed E-state index contributed by atoms with van der Waals surface area (Å²) in [5, 5.41) is 12.5. The normalized spacial score (nSPS) is 10.7. The smallest absolute Gasteiger partial charge is 0.207 e. The number of phenols is 1. The molecule has 146 valence electrons. The highest BCUT2D eigenvalue weighted by atomic mass is 16.5. The standard InChI is InChI=1S/C22H23NO5/c24-15-23-11-3-1-2-4-12-27-18-9-10-21-19(13-18)20(26)14-22(28-21)16-5-7-17(25)8-6-16/h5-10,13-15,25H,1-4,11-12H2,(H,23,24). The number of benzene rings is 2. The Morgan fingerprint density at radius 3 is 2.57 bits per heavy atom. The first-order valence-corrected chi connectivity index (χ1v) is 9.34. The quantitative estimate of drug-likeness (QED) is 0.411. The average molecular weight is 381 g/mol. The number of carbonyl (C=O) groups is 1. The Kier molecular flexibility index (Phi) is 6.68. The third kappa shape index (κ3) is 5.13. The molecular weight excluding hydrogens is 358 g/mol. The van der Waals surface area contributed by atoms with Crippen molar-refractivity contribution in [3.8, 4) is 22.8 Å². The number of hydrogen-bond donors (Lipinski definition) is 2. The Bertz CT molecular complexity index is 978. The molecule has 3 aromatic rings. The fourth-order valence-electron chi connectivity index (χ4n) is 2.92. The van der Waals surface area contributed by atoms with Crippen LogP contribution >= 0.6 is 0 Å². The average Bonchev–Trinajstić information content (AvgIpc) is 2.71. The topological polar surface area (TPSA) is 88.8 Å². The van der Waals surface area contributed by atoms with Gasteiger partial charge in [-0.3, -0.25) is 9.59 Å². The van der Waals surface area contributed by atoms with Gasteiger partial charge in [0.05, 0.1) is 12.0 Å². The van der Waals surface area contributed by atoms with Gasteiger partial charge in [-0.25, -0.2) is 0 Å². The summed E-state index contributed by atoms with van der Waals surface area (Å²) in [5.41, 5.74) is 1.07. The van der Waals surface area contributed by atoms with E-state index in [1.807, 2.05) is 0 Å². The number of rotatable bonds is 10. The molecule has 0 fully saturated rings. The number of phenolic OH excluding ortho intramolecular Hbond substituents is 1. The van der Waals surface area contributed by atoms with Crippen LogP contribution in [0.15, 0.2) is 57.7 Å². The van der Waals surface area contributed by atoms with Crippen molar-refractivity contribution in [1.82, 2.24) is 5.32 Å². The van der Waals surface area contributed by atoms with Crippen molar-refractivity contribution in [2.75, 3.05) is 13.2 Å². The van der Waals surface area contributed by atoms with Gasteiger partial charge in [-0.05, 0) is 55.3 Å². The van der Waals surface area contributed by atoms with Gasteiger partial charge in [0, 0.05) is 18.2 Å². The van der Waals surface area contributed by atoms with Crippen LogP contribution in [0, 0.1) is 0 Å². The molecule has 1 heterocycles. The number of hydrogen-bond acceptors (Lipinski definition) is 5. The highest BCUT2D eigenvalue weighted by molar-refractivity contribution is 5.80. The molecule has 1 amide bonds. The zero-order chi connectivity index (χ0) is 19.8. The Balaban J connectivity index is 1.61. The van der Waals surface area contributed by atoms with Crippen molar-refractivity contribution >= 4 is 17.4 Å². The van der Waals surface area contributed by atoms with Gasteiger partial charge >= 0.3 is 0 Å². The van der Waals surface area contributed by atoms with E-state index in [1.54, 1.807) is 42.5 Å². The predicted octanol–water partition coefficient (Wildman–Crippen LogP) is 3.85. The lowest BCUT2D eigenvalue weighted by atomic mass is 10.1. The molecule has 0 aliphatic heterocycles. The first kappa shape index (κ1) is 19.5. The molecule has 2 N–H and O–H groups in total. The zero-order valence-electron chi connectivity index (χ0n) is 15.5. The lowest BCUT2D eigenvalue weighted by Gasteiger charge is -2.08. The van der Waals surface area contributed by atoms with Gasteiger partial charge in [0.15, 0.2) is 5.43 Å². The van der Waals surface area contributed by atoms with Gasteiger partial charge in [0.1, 0.15) is 22.8 Å². The molecular formula is C22H23NO5. The third-order valence-corrected chi connectivity index (χ3v) is 4.42. The van der Waals surface area contributed by atoms with E-state index in [0.29, 0.717) is 42.0 Å². The molecule has 6 nitrogen and oxygen atoms in total. The molecule has 28 heavy (non-hydrogen) atoms. The van der Waals surface area contributed by atoms with Gasteiger partial charge < -0.3 is 19.6 Å². The van der Waals surface area contributed by atoms with Crippen LogP contribution in [0.4, 0.5) is 0 Å². The van der Waals surface area contributed by atoms with E-state index in [1.165, 1.54) is 6.07 Å². The van der Waals surface area contributed by atoms with E-state index in [2.05, 4.69) is 5.32 Å². The SMILES string of the molecule is O=CNCCCCCCOc1ccc2oc(-c3ccc(O)cc3)cc(=O)c2c1. The number of fused-ring (bicyclic) bond motifs is 1. The maximum atomic E-state index is 12.5. The molecule has 0 atom stereocenters. The second kappa shape index (κ2) is 9.60. The molecule has 0 radical (unpaired) electrons. The molecule has 0 unspecified atom stereocenters. The summed E-state index contributed by atoms with van der Waals surface area (Å²) in [7, 11) is 0. The molecule has 0 spiro atoms. The van der Waals surface area contributed by atoms with E-state index in [9.17, 15) is 14.7 Å². The fourth-order valence-corrected chi connectivity index (χ4v) is 2.92. The molecule has 6 heteroatoms. The van der Waals surface area contributed by atoms with Crippen LogP contribution in [0.1, 0.15) is 25.7 Å². The van der Waals surface area contributed by atoms with E-state index < -0.39 is 0 Å². The Labute approximate surface area is 162 Å². The largest absolute Gasteiger partial charge is 0.508 e. The third-order valence-electron chi connectivity index (χ3n) is 4.42. The molecule has 0 aliphatic rings. The fraction of sp³-hybridized carbons (Fsp3) is 0.273. The van der Waals surface area contributed by atoms with Crippen LogP contribution in [0.3, 0.4) is 0 Å². The monoisotopic (exact) mass is 381 g/mol. The lowest BCUT2D eigenvalue weighted by molar-refractivity contribution is -0.109.